The molecule has 0 unspecified atom stereocenters. The second-order valence-corrected chi connectivity index (χ2v) is 8.25. The molecule has 154 valence electrons. The lowest BCUT2D eigenvalue weighted by Crippen LogP contribution is -2.15. The summed E-state index contributed by atoms with van der Waals surface area (Å²) in [4.78, 5) is 21.9. The molecular formula is C25H20ClN3OS. The van der Waals surface area contributed by atoms with E-state index in [1.807, 2.05) is 85.8 Å². The Kier molecular flexibility index (Phi) is 6.65. The van der Waals surface area contributed by atoms with Gasteiger partial charge in [0.1, 0.15) is 0 Å². The third-order valence-electron chi connectivity index (χ3n) is 4.72. The SMILES string of the molecule is Cc1c(Cl)cccc1NC(=O)CSc1nc(-c2ccccc2)cc(-c2ccccc2)n1. The van der Waals surface area contributed by atoms with Crippen LogP contribution < -0.4 is 5.32 Å². The van der Waals surface area contributed by atoms with Gasteiger partial charge in [-0.1, -0.05) is 90.1 Å². The Bertz CT molecular complexity index is 1140. The number of rotatable bonds is 6. The topological polar surface area (TPSA) is 54.9 Å². The van der Waals surface area contributed by atoms with Crippen molar-refractivity contribution in [2.75, 3.05) is 11.1 Å². The number of hydrogen-bond donors (Lipinski definition) is 1. The van der Waals surface area contributed by atoms with Crippen LogP contribution in [0.5, 0.6) is 0 Å². The van der Waals surface area contributed by atoms with Gasteiger partial charge in [0.05, 0.1) is 17.1 Å². The molecule has 0 atom stereocenters. The van der Waals surface area contributed by atoms with Crippen molar-refractivity contribution in [2.24, 2.45) is 0 Å². The van der Waals surface area contributed by atoms with Gasteiger partial charge in [-0.05, 0) is 30.7 Å². The molecule has 0 aliphatic heterocycles. The van der Waals surface area contributed by atoms with Gasteiger partial charge in [0, 0.05) is 21.8 Å². The van der Waals surface area contributed by atoms with E-state index in [4.69, 9.17) is 21.6 Å². The molecule has 4 rings (SSSR count). The highest BCUT2D eigenvalue weighted by Crippen LogP contribution is 2.27. The van der Waals surface area contributed by atoms with Gasteiger partial charge in [-0.3, -0.25) is 4.79 Å². The average molecular weight is 446 g/mol. The Hall–Kier alpha value is -3.15. The largest absolute Gasteiger partial charge is 0.325 e. The molecule has 4 nitrogen and oxygen atoms in total. The zero-order chi connectivity index (χ0) is 21.6. The quantitative estimate of drug-likeness (QED) is 0.271. The molecule has 31 heavy (non-hydrogen) atoms. The standard InChI is InChI=1S/C25H20ClN3OS/c1-17-20(26)13-8-14-21(17)27-24(30)16-31-25-28-22(18-9-4-2-5-10-18)15-23(29-25)19-11-6-3-7-12-19/h2-15H,16H2,1H3,(H,27,30). The lowest BCUT2D eigenvalue weighted by molar-refractivity contribution is -0.113. The van der Waals surface area contributed by atoms with Crippen LogP contribution in [0, 0.1) is 6.92 Å². The normalized spacial score (nSPS) is 10.6. The van der Waals surface area contributed by atoms with E-state index >= 15 is 0 Å². The Morgan fingerprint density at radius 1 is 0.871 bits per heavy atom. The molecule has 0 aliphatic rings. The Morgan fingerprint density at radius 2 is 1.45 bits per heavy atom. The number of carbonyl (C=O) groups is 1. The van der Waals surface area contributed by atoms with Crippen molar-refractivity contribution in [2.45, 2.75) is 12.1 Å². The van der Waals surface area contributed by atoms with Crippen molar-refractivity contribution in [3.63, 3.8) is 0 Å². The van der Waals surface area contributed by atoms with E-state index in [-0.39, 0.29) is 11.7 Å². The molecule has 1 heterocycles. The molecule has 0 saturated carbocycles. The number of halogens is 1. The minimum absolute atomic E-state index is 0.134. The first-order valence-electron chi connectivity index (χ1n) is 9.78. The van der Waals surface area contributed by atoms with Crippen LogP contribution in [0.1, 0.15) is 5.56 Å². The number of carbonyl (C=O) groups excluding carboxylic acids is 1. The van der Waals surface area contributed by atoms with Crippen LogP contribution >= 0.6 is 23.4 Å². The second-order valence-electron chi connectivity index (χ2n) is 6.90. The fourth-order valence-corrected chi connectivity index (χ4v) is 3.90. The monoisotopic (exact) mass is 445 g/mol. The Balaban J connectivity index is 1.57. The minimum Gasteiger partial charge on any atom is -0.325 e. The Labute approximate surface area is 190 Å². The number of anilines is 1. The van der Waals surface area contributed by atoms with E-state index in [1.165, 1.54) is 11.8 Å². The first-order valence-corrected chi connectivity index (χ1v) is 11.1. The molecule has 1 amide bonds. The van der Waals surface area contributed by atoms with Gasteiger partial charge in [-0.2, -0.15) is 0 Å². The predicted molar refractivity (Wildman–Crippen MR) is 128 cm³/mol. The lowest BCUT2D eigenvalue weighted by atomic mass is 10.1. The molecule has 0 saturated heterocycles. The second kappa shape index (κ2) is 9.77. The average Bonchev–Trinajstić information content (AvgIpc) is 2.82. The molecule has 1 aromatic heterocycles. The number of nitrogens with one attached hydrogen (secondary N) is 1. The highest BCUT2D eigenvalue weighted by Gasteiger charge is 2.12. The summed E-state index contributed by atoms with van der Waals surface area (Å²) in [5.41, 5.74) is 5.20. The van der Waals surface area contributed by atoms with Gasteiger partial charge in [-0.15, -0.1) is 0 Å². The van der Waals surface area contributed by atoms with Gasteiger partial charge >= 0.3 is 0 Å². The van der Waals surface area contributed by atoms with Gasteiger partial charge in [0.2, 0.25) is 5.91 Å². The van der Waals surface area contributed by atoms with Gasteiger partial charge in [-0.25, -0.2) is 9.97 Å². The molecule has 4 aromatic rings. The summed E-state index contributed by atoms with van der Waals surface area (Å²) in [6.07, 6.45) is 0. The third-order valence-corrected chi connectivity index (χ3v) is 5.98. The van der Waals surface area contributed by atoms with Crippen molar-refractivity contribution in [3.8, 4) is 22.5 Å². The zero-order valence-electron chi connectivity index (χ0n) is 16.9. The van der Waals surface area contributed by atoms with Crippen molar-refractivity contribution < 1.29 is 4.79 Å². The van der Waals surface area contributed by atoms with Gasteiger partial charge in [0.15, 0.2) is 5.16 Å². The van der Waals surface area contributed by atoms with E-state index in [1.54, 1.807) is 6.07 Å². The molecule has 1 N–H and O–H groups in total. The van der Waals surface area contributed by atoms with Crippen LogP contribution in [0.4, 0.5) is 5.69 Å². The number of amides is 1. The third kappa shape index (κ3) is 5.32. The van der Waals surface area contributed by atoms with Crippen LogP contribution in [0.15, 0.2) is 90.1 Å². The number of thioether (sulfide) groups is 1. The lowest BCUT2D eigenvalue weighted by Gasteiger charge is -2.10. The zero-order valence-corrected chi connectivity index (χ0v) is 18.5. The molecule has 3 aromatic carbocycles. The molecule has 0 spiro atoms. The summed E-state index contributed by atoms with van der Waals surface area (Å²) < 4.78 is 0. The van der Waals surface area contributed by atoms with Crippen molar-refractivity contribution >= 4 is 35.0 Å². The highest BCUT2D eigenvalue weighted by atomic mass is 35.5. The predicted octanol–water partition coefficient (Wildman–Crippen LogP) is 6.50. The number of hydrogen-bond acceptors (Lipinski definition) is 4. The van der Waals surface area contributed by atoms with Crippen LogP contribution in [0.2, 0.25) is 5.02 Å². The van der Waals surface area contributed by atoms with Crippen LogP contribution in [0.25, 0.3) is 22.5 Å². The number of nitrogens with zero attached hydrogens (tertiary/aromatic N) is 2. The first-order chi connectivity index (χ1) is 15.1. The van der Waals surface area contributed by atoms with E-state index in [9.17, 15) is 4.79 Å². The molecule has 0 fully saturated rings. The molecule has 0 bridgehead atoms. The van der Waals surface area contributed by atoms with Crippen LogP contribution in [-0.4, -0.2) is 21.6 Å². The fourth-order valence-electron chi connectivity index (χ4n) is 3.06. The minimum atomic E-state index is -0.134. The smallest absolute Gasteiger partial charge is 0.234 e. The summed E-state index contributed by atoms with van der Waals surface area (Å²) in [7, 11) is 0. The molecule has 0 radical (unpaired) electrons. The van der Waals surface area contributed by atoms with E-state index in [0.717, 1.165) is 28.1 Å². The van der Waals surface area contributed by atoms with Crippen molar-refractivity contribution in [1.29, 1.82) is 0 Å². The summed E-state index contributed by atoms with van der Waals surface area (Å²) in [5, 5.41) is 4.09. The summed E-state index contributed by atoms with van der Waals surface area (Å²) in [6.45, 7) is 1.88. The van der Waals surface area contributed by atoms with Crippen LogP contribution in [0.3, 0.4) is 0 Å². The Morgan fingerprint density at radius 3 is 2.03 bits per heavy atom. The number of benzene rings is 3. The highest BCUT2D eigenvalue weighted by molar-refractivity contribution is 7.99. The van der Waals surface area contributed by atoms with Crippen LogP contribution in [-0.2, 0) is 4.79 Å². The maximum absolute atomic E-state index is 12.5. The summed E-state index contributed by atoms with van der Waals surface area (Å²) in [5.74, 6) is 0.0589. The van der Waals surface area contributed by atoms with Gasteiger partial charge < -0.3 is 5.32 Å². The van der Waals surface area contributed by atoms with E-state index in [0.29, 0.717) is 15.9 Å². The maximum Gasteiger partial charge on any atom is 0.234 e. The van der Waals surface area contributed by atoms with E-state index in [2.05, 4.69) is 5.32 Å². The first kappa shape index (κ1) is 21.1. The van der Waals surface area contributed by atoms with Crippen molar-refractivity contribution in [3.05, 3.63) is 95.5 Å². The van der Waals surface area contributed by atoms with E-state index < -0.39 is 0 Å². The maximum atomic E-state index is 12.5. The number of aromatic nitrogens is 2. The molecular weight excluding hydrogens is 426 g/mol. The molecule has 6 heteroatoms. The van der Waals surface area contributed by atoms with Gasteiger partial charge in [0.25, 0.3) is 0 Å². The molecule has 0 aliphatic carbocycles. The fraction of sp³-hybridized carbons (Fsp3) is 0.0800. The summed E-state index contributed by atoms with van der Waals surface area (Å²) >= 11 is 7.45. The summed E-state index contributed by atoms with van der Waals surface area (Å²) in [6, 6.07) is 27.3. The van der Waals surface area contributed by atoms with Crippen molar-refractivity contribution in [1.82, 2.24) is 9.97 Å².